The van der Waals surface area contributed by atoms with Crippen LogP contribution in [-0.4, -0.2) is 64.9 Å². The molecule has 1 amide bonds. The molecule has 152 valence electrons. The van der Waals surface area contributed by atoms with Gasteiger partial charge >= 0.3 is 0 Å². The Labute approximate surface area is 168 Å². The molecule has 1 fully saturated rings. The maximum absolute atomic E-state index is 13.0. The number of morpholine rings is 1. The number of anilines is 1. The third-order valence-electron chi connectivity index (χ3n) is 4.36. The van der Waals surface area contributed by atoms with Gasteiger partial charge in [-0.05, 0) is 31.5 Å². The lowest BCUT2D eigenvalue weighted by Crippen LogP contribution is -2.40. The first-order chi connectivity index (χ1) is 13.3. The lowest BCUT2D eigenvalue weighted by Gasteiger charge is -2.27. The largest absolute Gasteiger partial charge is 0.379 e. The van der Waals surface area contributed by atoms with E-state index in [1.54, 1.807) is 43.9 Å². The van der Waals surface area contributed by atoms with Gasteiger partial charge in [0.05, 0.1) is 23.4 Å². The monoisotopic (exact) mass is 425 g/mol. The number of carbonyl (C=O) groups excluding carboxylic acids is 1. The van der Waals surface area contributed by atoms with E-state index in [-0.39, 0.29) is 10.8 Å². The second-order valence-electron chi connectivity index (χ2n) is 6.47. The first-order valence-corrected chi connectivity index (χ1v) is 11.1. The zero-order chi connectivity index (χ0) is 20.3. The molecule has 2 heterocycles. The number of hydrogen-bond donors (Lipinski definition) is 1. The van der Waals surface area contributed by atoms with Gasteiger partial charge in [0, 0.05) is 25.8 Å². The van der Waals surface area contributed by atoms with Gasteiger partial charge in [0.2, 0.25) is 15.9 Å². The third kappa shape index (κ3) is 4.54. The highest BCUT2D eigenvalue weighted by Gasteiger charge is 2.28. The molecule has 1 atom stereocenters. The molecule has 1 N–H and O–H groups in total. The van der Waals surface area contributed by atoms with Crippen molar-refractivity contribution < 1.29 is 17.9 Å². The van der Waals surface area contributed by atoms with Crippen LogP contribution in [0.15, 0.2) is 34.6 Å². The normalized spacial score (nSPS) is 16.7. The molecular formula is C17H23N5O4S2. The summed E-state index contributed by atoms with van der Waals surface area (Å²) in [5.41, 5.74) is 1.07. The molecule has 9 nitrogen and oxygen atoms in total. The van der Waals surface area contributed by atoms with Crippen LogP contribution in [0.4, 0.5) is 5.69 Å². The van der Waals surface area contributed by atoms with Gasteiger partial charge < -0.3 is 14.6 Å². The summed E-state index contributed by atoms with van der Waals surface area (Å²) in [5, 5.41) is 10.7. The van der Waals surface area contributed by atoms with E-state index in [0.717, 1.165) is 0 Å². The molecule has 0 spiro atoms. The zero-order valence-electron chi connectivity index (χ0n) is 16.0. The molecule has 1 aromatic heterocycles. The minimum atomic E-state index is -3.64. The third-order valence-corrected chi connectivity index (χ3v) is 7.55. The van der Waals surface area contributed by atoms with Gasteiger partial charge in [-0.3, -0.25) is 4.79 Å². The predicted octanol–water partition coefficient (Wildman–Crippen LogP) is 1.26. The molecule has 0 bridgehead atoms. The Balaban J connectivity index is 1.75. The van der Waals surface area contributed by atoms with Crippen LogP contribution in [0.5, 0.6) is 0 Å². The highest BCUT2D eigenvalue weighted by molar-refractivity contribution is 8.00. The summed E-state index contributed by atoms with van der Waals surface area (Å²) in [6, 6.07) is 4.91. The SMILES string of the molecule is Cc1ccc(NC(=O)C(C)Sc2nncn2C)cc1S(=O)(=O)N1CCOCC1. The number of rotatable bonds is 6. The van der Waals surface area contributed by atoms with Gasteiger partial charge in [0.1, 0.15) is 6.33 Å². The fraction of sp³-hybridized carbons (Fsp3) is 0.471. The van der Waals surface area contributed by atoms with E-state index in [4.69, 9.17) is 4.74 Å². The van der Waals surface area contributed by atoms with Crippen molar-refractivity contribution >= 4 is 33.4 Å². The summed E-state index contributed by atoms with van der Waals surface area (Å²) in [6.45, 7) is 4.91. The van der Waals surface area contributed by atoms with Crippen molar-refractivity contribution in [2.75, 3.05) is 31.6 Å². The first kappa shape index (κ1) is 20.8. The molecule has 28 heavy (non-hydrogen) atoms. The van der Waals surface area contributed by atoms with Crippen LogP contribution in [0.3, 0.4) is 0 Å². The molecule has 1 aromatic carbocycles. The molecule has 0 saturated carbocycles. The molecule has 0 radical (unpaired) electrons. The highest BCUT2D eigenvalue weighted by atomic mass is 32.2. The summed E-state index contributed by atoms with van der Waals surface area (Å²) in [6.07, 6.45) is 1.57. The smallest absolute Gasteiger partial charge is 0.243 e. The van der Waals surface area contributed by atoms with E-state index in [0.29, 0.717) is 42.7 Å². The highest BCUT2D eigenvalue weighted by Crippen LogP contribution is 2.26. The number of thioether (sulfide) groups is 1. The second kappa shape index (κ2) is 8.60. The number of benzene rings is 1. The number of aromatic nitrogens is 3. The molecule has 11 heteroatoms. The fourth-order valence-electron chi connectivity index (χ4n) is 2.72. The number of ether oxygens (including phenoxy) is 1. The summed E-state index contributed by atoms with van der Waals surface area (Å²) in [5.74, 6) is -0.244. The van der Waals surface area contributed by atoms with Crippen molar-refractivity contribution in [2.45, 2.75) is 29.1 Å². The lowest BCUT2D eigenvalue weighted by molar-refractivity contribution is -0.115. The average Bonchev–Trinajstić information content (AvgIpc) is 3.08. The maximum Gasteiger partial charge on any atom is 0.243 e. The predicted molar refractivity (Wildman–Crippen MR) is 106 cm³/mol. The Hall–Kier alpha value is -1.95. The Morgan fingerprint density at radius 2 is 2.04 bits per heavy atom. The van der Waals surface area contributed by atoms with Crippen LogP contribution in [-0.2, 0) is 26.6 Å². The van der Waals surface area contributed by atoms with Crippen LogP contribution >= 0.6 is 11.8 Å². The molecule has 1 unspecified atom stereocenters. The van der Waals surface area contributed by atoms with Crippen molar-refractivity contribution in [1.29, 1.82) is 0 Å². The second-order valence-corrected chi connectivity index (χ2v) is 9.68. The quantitative estimate of drug-likeness (QED) is 0.695. The number of nitrogens with one attached hydrogen (secondary N) is 1. The van der Waals surface area contributed by atoms with Gasteiger partial charge in [0.25, 0.3) is 0 Å². The Kier molecular flexibility index (Phi) is 6.38. The zero-order valence-corrected chi connectivity index (χ0v) is 17.6. The Morgan fingerprint density at radius 3 is 2.68 bits per heavy atom. The number of nitrogens with zero attached hydrogens (tertiary/aromatic N) is 4. The summed E-state index contributed by atoms with van der Waals surface area (Å²) >= 11 is 1.28. The van der Waals surface area contributed by atoms with Crippen molar-refractivity contribution in [1.82, 2.24) is 19.1 Å². The number of hydrogen-bond acceptors (Lipinski definition) is 7. The molecule has 1 aliphatic rings. The van der Waals surface area contributed by atoms with E-state index >= 15 is 0 Å². The summed E-state index contributed by atoms with van der Waals surface area (Å²) in [4.78, 5) is 12.7. The Bertz CT molecular complexity index is 954. The van der Waals surface area contributed by atoms with E-state index < -0.39 is 15.3 Å². The van der Waals surface area contributed by atoms with E-state index in [1.165, 1.54) is 22.1 Å². The standard InChI is InChI=1S/C17H23N5O4S2/c1-12-4-5-14(10-15(12)28(24,25)22-6-8-26-9-7-22)19-16(23)13(2)27-17-20-18-11-21(17)3/h4-5,10-11,13H,6-9H2,1-3H3,(H,19,23). The number of aryl methyl sites for hydroxylation is 2. The summed E-state index contributed by atoms with van der Waals surface area (Å²) in [7, 11) is -1.84. The number of sulfonamides is 1. The molecule has 0 aliphatic carbocycles. The van der Waals surface area contributed by atoms with Gasteiger partial charge in [0.15, 0.2) is 5.16 Å². The number of carbonyl (C=O) groups is 1. The minimum absolute atomic E-state index is 0.195. The topological polar surface area (TPSA) is 106 Å². The van der Waals surface area contributed by atoms with Gasteiger partial charge in [-0.1, -0.05) is 17.8 Å². The fourth-order valence-corrected chi connectivity index (χ4v) is 5.17. The van der Waals surface area contributed by atoms with E-state index in [1.807, 2.05) is 0 Å². The van der Waals surface area contributed by atoms with Crippen LogP contribution in [0, 0.1) is 6.92 Å². The molecule has 3 rings (SSSR count). The van der Waals surface area contributed by atoms with Crippen LogP contribution in [0.2, 0.25) is 0 Å². The minimum Gasteiger partial charge on any atom is -0.379 e. The van der Waals surface area contributed by atoms with Crippen LogP contribution < -0.4 is 5.32 Å². The van der Waals surface area contributed by atoms with Crippen molar-refractivity contribution in [2.24, 2.45) is 7.05 Å². The molecule has 2 aromatic rings. The van der Waals surface area contributed by atoms with Crippen molar-refractivity contribution in [3.8, 4) is 0 Å². The van der Waals surface area contributed by atoms with Crippen molar-refractivity contribution in [3.05, 3.63) is 30.1 Å². The van der Waals surface area contributed by atoms with Gasteiger partial charge in [-0.25, -0.2) is 8.42 Å². The van der Waals surface area contributed by atoms with Crippen molar-refractivity contribution in [3.63, 3.8) is 0 Å². The maximum atomic E-state index is 13.0. The van der Waals surface area contributed by atoms with Gasteiger partial charge in [-0.15, -0.1) is 10.2 Å². The van der Waals surface area contributed by atoms with E-state index in [2.05, 4.69) is 15.5 Å². The lowest BCUT2D eigenvalue weighted by atomic mass is 10.2. The Morgan fingerprint density at radius 1 is 1.32 bits per heavy atom. The molecule has 1 saturated heterocycles. The van der Waals surface area contributed by atoms with Gasteiger partial charge in [-0.2, -0.15) is 4.31 Å². The number of amides is 1. The molecule has 1 aliphatic heterocycles. The van der Waals surface area contributed by atoms with Crippen LogP contribution in [0.25, 0.3) is 0 Å². The summed E-state index contributed by atoms with van der Waals surface area (Å²) < 4.78 is 34.3. The van der Waals surface area contributed by atoms with Crippen LogP contribution in [0.1, 0.15) is 12.5 Å². The molecular weight excluding hydrogens is 402 g/mol. The van der Waals surface area contributed by atoms with E-state index in [9.17, 15) is 13.2 Å². The average molecular weight is 426 g/mol. The first-order valence-electron chi connectivity index (χ1n) is 8.79.